The molecule has 2 rings (SSSR count). The molecular formula is C17H18Cl2IN. The van der Waals surface area contributed by atoms with E-state index in [-0.39, 0.29) is 6.04 Å². The molecule has 0 aromatic heterocycles. The quantitative estimate of drug-likeness (QED) is 0.560. The molecule has 0 aliphatic carbocycles. The predicted molar refractivity (Wildman–Crippen MR) is 100 cm³/mol. The van der Waals surface area contributed by atoms with Crippen LogP contribution in [0.5, 0.6) is 0 Å². The first-order valence-corrected chi connectivity index (χ1v) is 8.86. The topological polar surface area (TPSA) is 12.0 Å². The van der Waals surface area contributed by atoms with Crippen molar-refractivity contribution in [3.8, 4) is 0 Å². The normalized spacial score (nSPS) is 12.4. The zero-order valence-corrected chi connectivity index (χ0v) is 15.5. The number of nitrogens with one attached hydrogen (secondary N) is 1. The van der Waals surface area contributed by atoms with Crippen molar-refractivity contribution in [1.82, 2.24) is 5.32 Å². The molecule has 2 aromatic rings. The van der Waals surface area contributed by atoms with Crippen LogP contribution in [0.1, 0.15) is 30.5 Å². The highest BCUT2D eigenvalue weighted by molar-refractivity contribution is 14.1. The van der Waals surface area contributed by atoms with Gasteiger partial charge in [-0.3, -0.25) is 0 Å². The van der Waals surface area contributed by atoms with Crippen LogP contribution in [-0.4, -0.2) is 6.54 Å². The van der Waals surface area contributed by atoms with Gasteiger partial charge >= 0.3 is 0 Å². The Labute approximate surface area is 150 Å². The Morgan fingerprint density at radius 1 is 1.10 bits per heavy atom. The Hall–Kier alpha value is -0.290. The molecule has 0 fully saturated rings. The maximum atomic E-state index is 6.31. The van der Waals surface area contributed by atoms with Crippen molar-refractivity contribution in [2.24, 2.45) is 0 Å². The SMILES string of the molecule is CCCNC(Cc1ccc(Cl)cc1Cl)c1ccc(I)cc1. The van der Waals surface area contributed by atoms with E-state index in [0.29, 0.717) is 5.02 Å². The van der Waals surface area contributed by atoms with Crippen molar-refractivity contribution in [2.75, 3.05) is 6.54 Å². The van der Waals surface area contributed by atoms with Gasteiger partial charge in [0.1, 0.15) is 0 Å². The second-order valence-corrected chi connectivity index (χ2v) is 7.09. The van der Waals surface area contributed by atoms with Crippen LogP contribution >= 0.6 is 45.8 Å². The van der Waals surface area contributed by atoms with Crippen LogP contribution in [0.25, 0.3) is 0 Å². The summed E-state index contributed by atoms with van der Waals surface area (Å²) in [6.45, 7) is 3.16. The summed E-state index contributed by atoms with van der Waals surface area (Å²) in [6.07, 6.45) is 1.96. The Morgan fingerprint density at radius 2 is 1.81 bits per heavy atom. The van der Waals surface area contributed by atoms with E-state index in [9.17, 15) is 0 Å². The van der Waals surface area contributed by atoms with E-state index in [0.717, 1.165) is 30.0 Å². The largest absolute Gasteiger partial charge is 0.310 e. The molecule has 1 N–H and O–H groups in total. The third-order valence-electron chi connectivity index (χ3n) is 3.35. The molecule has 0 aliphatic rings. The van der Waals surface area contributed by atoms with Crippen LogP contribution in [0.3, 0.4) is 0 Å². The van der Waals surface area contributed by atoms with E-state index in [1.54, 1.807) is 0 Å². The Morgan fingerprint density at radius 3 is 2.43 bits per heavy atom. The third kappa shape index (κ3) is 5.13. The number of hydrogen-bond acceptors (Lipinski definition) is 1. The maximum absolute atomic E-state index is 6.31. The molecule has 0 saturated heterocycles. The average Bonchev–Trinajstić information content (AvgIpc) is 2.46. The molecule has 21 heavy (non-hydrogen) atoms. The lowest BCUT2D eigenvalue weighted by atomic mass is 9.98. The molecule has 2 aromatic carbocycles. The minimum Gasteiger partial charge on any atom is -0.310 e. The standard InChI is InChI=1S/C17H18Cl2IN/c1-2-9-21-17(12-4-7-15(20)8-5-12)10-13-3-6-14(18)11-16(13)19/h3-8,11,17,21H,2,9-10H2,1H3. The summed E-state index contributed by atoms with van der Waals surface area (Å²) in [6, 6.07) is 14.6. The first kappa shape index (κ1) is 17.1. The van der Waals surface area contributed by atoms with E-state index in [1.165, 1.54) is 9.13 Å². The third-order valence-corrected chi connectivity index (χ3v) is 4.66. The summed E-state index contributed by atoms with van der Waals surface area (Å²) in [4.78, 5) is 0. The number of benzene rings is 2. The number of rotatable bonds is 6. The fourth-order valence-corrected chi connectivity index (χ4v) is 3.07. The maximum Gasteiger partial charge on any atom is 0.0453 e. The van der Waals surface area contributed by atoms with E-state index in [2.05, 4.69) is 59.1 Å². The van der Waals surface area contributed by atoms with Crippen molar-refractivity contribution in [3.05, 3.63) is 67.2 Å². The summed E-state index contributed by atoms with van der Waals surface area (Å²) < 4.78 is 1.25. The Bertz CT molecular complexity index is 584. The first-order valence-electron chi connectivity index (χ1n) is 7.03. The van der Waals surface area contributed by atoms with Gasteiger partial charge in [-0.2, -0.15) is 0 Å². The number of hydrogen-bond donors (Lipinski definition) is 1. The van der Waals surface area contributed by atoms with E-state index in [4.69, 9.17) is 23.2 Å². The van der Waals surface area contributed by atoms with Crippen LogP contribution in [0, 0.1) is 3.57 Å². The lowest BCUT2D eigenvalue weighted by Gasteiger charge is -2.20. The zero-order chi connectivity index (χ0) is 15.2. The monoisotopic (exact) mass is 433 g/mol. The number of halogens is 3. The van der Waals surface area contributed by atoms with Crippen LogP contribution < -0.4 is 5.32 Å². The molecular weight excluding hydrogens is 416 g/mol. The Balaban J connectivity index is 2.21. The molecule has 0 spiro atoms. The lowest BCUT2D eigenvalue weighted by molar-refractivity contribution is 0.529. The molecule has 1 nitrogen and oxygen atoms in total. The van der Waals surface area contributed by atoms with Gasteiger partial charge in [0.25, 0.3) is 0 Å². The molecule has 1 atom stereocenters. The second kappa shape index (κ2) is 8.37. The molecule has 0 bridgehead atoms. The van der Waals surface area contributed by atoms with Crippen molar-refractivity contribution in [3.63, 3.8) is 0 Å². The minimum atomic E-state index is 0.264. The van der Waals surface area contributed by atoms with Crippen molar-refractivity contribution in [1.29, 1.82) is 0 Å². The summed E-state index contributed by atoms with van der Waals surface area (Å²) in [5, 5.41) is 5.01. The van der Waals surface area contributed by atoms with Crippen molar-refractivity contribution >= 4 is 45.8 Å². The van der Waals surface area contributed by atoms with Crippen LogP contribution in [0.15, 0.2) is 42.5 Å². The highest BCUT2D eigenvalue weighted by atomic mass is 127. The smallest absolute Gasteiger partial charge is 0.0453 e. The van der Waals surface area contributed by atoms with Gasteiger partial charge in [-0.1, -0.05) is 48.3 Å². The van der Waals surface area contributed by atoms with E-state index < -0.39 is 0 Å². The van der Waals surface area contributed by atoms with Crippen LogP contribution in [0.4, 0.5) is 0 Å². The van der Waals surface area contributed by atoms with Gasteiger partial charge in [-0.25, -0.2) is 0 Å². The van der Waals surface area contributed by atoms with Crippen LogP contribution in [-0.2, 0) is 6.42 Å². The first-order chi connectivity index (χ1) is 10.1. The van der Waals surface area contributed by atoms with Gasteiger partial charge in [0.2, 0.25) is 0 Å². The van der Waals surface area contributed by atoms with Crippen molar-refractivity contribution < 1.29 is 0 Å². The molecule has 1 unspecified atom stereocenters. The zero-order valence-electron chi connectivity index (χ0n) is 11.9. The van der Waals surface area contributed by atoms with Gasteiger partial charge < -0.3 is 5.32 Å². The average molecular weight is 434 g/mol. The van der Waals surface area contributed by atoms with Gasteiger partial charge in [0.05, 0.1) is 0 Å². The molecule has 0 saturated carbocycles. The molecule has 0 aliphatic heterocycles. The fraction of sp³-hybridized carbons (Fsp3) is 0.294. The minimum absolute atomic E-state index is 0.264. The molecule has 0 heterocycles. The highest BCUT2D eigenvalue weighted by Crippen LogP contribution is 2.26. The molecule has 0 radical (unpaired) electrons. The summed E-state index contributed by atoms with van der Waals surface area (Å²) in [5.41, 5.74) is 2.41. The second-order valence-electron chi connectivity index (χ2n) is 5.00. The van der Waals surface area contributed by atoms with E-state index >= 15 is 0 Å². The van der Waals surface area contributed by atoms with Crippen LogP contribution in [0.2, 0.25) is 10.0 Å². The highest BCUT2D eigenvalue weighted by Gasteiger charge is 2.13. The summed E-state index contributed by atoms with van der Waals surface area (Å²) in [7, 11) is 0. The van der Waals surface area contributed by atoms with Gasteiger partial charge in [-0.15, -0.1) is 0 Å². The molecule has 4 heteroatoms. The van der Waals surface area contributed by atoms with Crippen molar-refractivity contribution in [2.45, 2.75) is 25.8 Å². The van der Waals surface area contributed by atoms with E-state index in [1.807, 2.05) is 18.2 Å². The molecule has 0 amide bonds. The van der Waals surface area contributed by atoms with Gasteiger partial charge in [0, 0.05) is 19.7 Å². The summed E-state index contributed by atoms with van der Waals surface area (Å²) in [5.74, 6) is 0. The van der Waals surface area contributed by atoms with Gasteiger partial charge in [-0.05, 0) is 77.4 Å². The molecule has 112 valence electrons. The Kier molecular flexibility index (Phi) is 6.80. The summed E-state index contributed by atoms with van der Waals surface area (Å²) >= 11 is 14.6. The predicted octanol–water partition coefficient (Wildman–Crippen LogP) is 5.88. The van der Waals surface area contributed by atoms with Gasteiger partial charge in [0.15, 0.2) is 0 Å². The lowest BCUT2D eigenvalue weighted by Crippen LogP contribution is -2.24. The fourth-order valence-electron chi connectivity index (χ4n) is 2.23.